The zero-order chi connectivity index (χ0) is 8.43. The summed E-state index contributed by atoms with van der Waals surface area (Å²) in [5.74, 6) is 0. The monoisotopic (exact) mass is 162 g/mol. The summed E-state index contributed by atoms with van der Waals surface area (Å²) in [6.45, 7) is 3.35. The van der Waals surface area contributed by atoms with E-state index in [2.05, 4.69) is 0 Å². The van der Waals surface area contributed by atoms with Gasteiger partial charge in [-0.3, -0.25) is 0 Å². The maximum absolute atomic E-state index is 9.33. The molecule has 3 unspecified atom stereocenters. The van der Waals surface area contributed by atoms with Crippen molar-refractivity contribution in [2.75, 3.05) is 6.61 Å². The van der Waals surface area contributed by atoms with Crippen LogP contribution in [0.5, 0.6) is 0 Å². The fraction of sp³-hybridized carbons (Fsp3) is 1.00. The second-order valence-corrected chi connectivity index (χ2v) is 2.79. The first kappa shape index (κ1) is 8.93. The van der Waals surface area contributed by atoms with Crippen molar-refractivity contribution in [2.45, 2.75) is 38.4 Å². The minimum Gasteiger partial charge on any atom is -0.391 e. The molecule has 0 aromatic rings. The van der Waals surface area contributed by atoms with E-state index in [9.17, 15) is 5.11 Å². The van der Waals surface area contributed by atoms with Crippen LogP contribution in [0.25, 0.3) is 0 Å². The van der Waals surface area contributed by atoms with Gasteiger partial charge in [0.2, 0.25) is 0 Å². The molecule has 2 N–H and O–H groups in total. The molecule has 1 fully saturated rings. The molecule has 4 atom stereocenters. The smallest absolute Gasteiger partial charge is 0.181 e. The first-order valence-electron chi connectivity index (χ1n) is 3.75. The normalized spacial score (nSPS) is 45.8. The van der Waals surface area contributed by atoms with Crippen LogP contribution in [-0.4, -0.2) is 41.4 Å². The number of aliphatic hydroxyl groups excluding tert-OH is 2. The van der Waals surface area contributed by atoms with Gasteiger partial charge in [0.05, 0.1) is 18.8 Å². The van der Waals surface area contributed by atoms with Gasteiger partial charge < -0.3 is 19.7 Å². The van der Waals surface area contributed by atoms with Gasteiger partial charge in [-0.15, -0.1) is 0 Å². The lowest BCUT2D eigenvalue weighted by Gasteiger charge is -2.35. The highest BCUT2D eigenvalue weighted by atomic mass is 16.7. The lowest BCUT2D eigenvalue weighted by atomic mass is 10.1. The van der Waals surface area contributed by atoms with Crippen LogP contribution in [-0.2, 0) is 9.47 Å². The van der Waals surface area contributed by atoms with E-state index in [1.807, 2.05) is 0 Å². The van der Waals surface area contributed by atoms with Gasteiger partial charge in [0.25, 0.3) is 0 Å². The Balaban J connectivity index is 2.47. The van der Waals surface area contributed by atoms with Crippen LogP contribution < -0.4 is 0 Å². The lowest BCUT2D eigenvalue weighted by molar-refractivity contribution is -0.284. The summed E-state index contributed by atoms with van der Waals surface area (Å²) in [7, 11) is 0. The lowest BCUT2D eigenvalue weighted by Crippen LogP contribution is -2.48. The van der Waals surface area contributed by atoms with Crippen LogP contribution >= 0.6 is 0 Å². The molecule has 4 nitrogen and oxygen atoms in total. The van der Waals surface area contributed by atoms with Crippen LogP contribution in [0, 0.1) is 0 Å². The number of aliphatic hydroxyl groups is 2. The number of ether oxygens (including phenoxy) is 2. The molecule has 0 radical (unpaired) electrons. The van der Waals surface area contributed by atoms with Crippen molar-refractivity contribution >= 4 is 0 Å². The highest BCUT2D eigenvalue weighted by molar-refractivity contribution is 4.75. The van der Waals surface area contributed by atoms with Gasteiger partial charge in [0.15, 0.2) is 6.29 Å². The number of rotatable bonds is 1. The average molecular weight is 162 g/mol. The summed E-state index contributed by atoms with van der Waals surface area (Å²) in [5.41, 5.74) is 0. The van der Waals surface area contributed by atoms with Crippen molar-refractivity contribution in [3.63, 3.8) is 0 Å². The summed E-state index contributed by atoms with van der Waals surface area (Å²) in [6, 6.07) is 0. The van der Waals surface area contributed by atoms with Gasteiger partial charge in [-0.25, -0.2) is 0 Å². The predicted octanol–water partition coefficient (Wildman–Crippen LogP) is -0.510. The molecule has 11 heavy (non-hydrogen) atoms. The molecule has 0 amide bonds. The van der Waals surface area contributed by atoms with Crippen molar-refractivity contribution in [3.8, 4) is 0 Å². The Labute approximate surface area is 65.7 Å². The minimum atomic E-state index is -0.599. The zero-order valence-electron chi connectivity index (χ0n) is 6.73. The third kappa shape index (κ3) is 1.90. The van der Waals surface area contributed by atoms with Gasteiger partial charge in [-0.05, 0) is 13.8 Å². The van der Waals surface area contributed by atoms with E-state index >= 15 is 0 Å². The highest BCUT2D eigenvalue weighted by Gasteiger charge is 2.32. The van der Waals surface area contributed by atoms with E-state index < -0.39 is 12.4 Å². The van der Waals surface area contributed by atoms with Gasteiger partial charge in [0, 0.05) is 0 Å². The molecule has 0 aromatic heterocycles. The van der Waals surface area contributed by atoms with E-state index in [1.165, 1.54) is 0 Å². The van der Waals surface area contributed by atoms with Gasteiger partial charge in [0.1, 0.15) is 6.10 Å². The maximum atomic E-state index is 9.33. The van der Waals surface area contributed by atoms with Crippen molar-refractivity contribution in [2.24, 2.45) is 0 Å². The topological polar surface area (TPSA) is 58.9 Å². The molecule has 0 spiro atoms. The van der Waals surface area contributed by atoms with Crippen LogP contribution in [0.4, 0.5) is 0 Å². The average Bonchev–Trinajstić information content (AvgIpc) is 1.99. The van der Waals surface area contributed by atoms with Gasteiger partial charge in [-0.2, -0.15) is 0 Å². The molecule has 0 bridgehead atoms. The van der Waals surface area contributed by atoms with Crippen LogP contribution in [0.2, 0.25) is 0 Å². The third-order valence-corrected chi connectivity index (χ3v) is 1.84. The maximum Gasteiger partial charge on any atom is 0.181 e. The summed E-state index contributed by atoms with van der Waals surface area (Å²) < 4.78 is 10.2. The van der Waals surface area contributed by atoms with E-state index in [1.54, 1.807) is 13.8 Å². The van der Waals surface area contributed by atoms with Crippen LogP contribution in [0.3, 0.4) is 0 Å². The summed E-state index contributed by atoms with van der Waals surface area (Å²) in [6.07, 6.45) is -1.71. The summed E-state index contributed by atoms with van der Waals surface area (Å²) in [5, 5.41) is 18.0. The molecule has 0 aliphatic carbocycles. The third-order valence-electron chi connectivity index (χ3n) is 1.84. The van der Waals surface area contributed by atoms with Crippen LogP contribution in [0.15, 0.2) is 0 Å². The van der Waals surface area contributed by atoms with E-state index in [0.29, 0.717) is 0 Å². The molecule has 1 aliphatic heterocycles. The SMILES string of the molecule is CC1OC(CO)O[C@@H](C)C1O. The Hall–Kier alpha value is -0.160. The Morgan fingerprint density at radius 1 is 1.18 bits per heavy atom. The Bertz CT molecular complexity index is 116. The molecule has 0 saturated carbocycles. The Morgan fingerprint density at radius 3 is 2.00 bits per heavy atom. The molecule has 0 aromatic carbocycles. The van der Waals surface area contributed by atoms with Crippen molar-refractivity contribution in [1.82, 2.24) is 0 Å². The van der Waals surface area contributed by atoms with E-state index in [4.69, 9.17) is 14.6 Å². The Morgan fingerprint density at radius 2 is 1.64 bits per heavy atom. The van der Waals surface area contributed by atoms with Gasteiger partial charge >= 0.3 is 0 Å². The number of hydrogen-bond acceptors (Lipinski definition) is 4. The molecule has 1 heterocycles. The van der Waals surface area contributed by atoms with Crippen molar-refractivity contribution < 1.29 is 19.7 Å². The molecule has 66 valence electrons. The fourth-order valence-electron chi connectivity index (χ4n) is 1.14. The first-order valence-corrected chi connectivity index (χ1v) is 3.75. The molecule has 1 saturated heterocycles. The number of hydrogen-bond donors (Lipinski definition) is 2. The zero-order valence-corrected chi connectivity index (χ0v) is 6.73. The molecule has 1 aliphatic rings. The summed E-state index contributed by atoms with van der Waals surface area (Å²) in [4.78, 5) is 0. The summed E-state index contributed by atoms with van der Waals surface area (Å²) >= 11 is 0. The fourth-order valence-corrected chi connectivity index (χ4v) is 1.14. The van der Waals surface area contributed by atoms with Crippen molar-refractivity contribution in [1.29, 1.82) is 0 Å². The molecular weight excluding hydrogens is 148 g/mol. The second kappa shape index (κ2) is 3.49. The largest absolute Gasteiger partial charge is 0.391 e. The van der Waals surface area contributed by atoms with Gasteiger partial charge in [-0.1, -0.05) is 0 Å². The minimum absolute atomic E-state index is 0.165. The second-order valence-electron chi connectivity index (χ2n) is 2.79. The van der Waals surface area contributed by atoms with Crippen molar-refractivity contribution in [3.05, 3.63) is 0 Å². The first-order chi connectivity index (χ1) is 5.15. The van der Waals surface area contributed by atoms with E-state index in [-0.39, 0.29) is 18.8 Å². The highest BCUT2D eigenvalue weighted by Crippen LogP contribution is 2.17. The molecule has 1 rings (SSSR count). The molecular formula is C7H14O4. The quantitative estimate of drug-likeness (QED) is 0.545. The van der Waals surface area contributed by atoms with E-state index in [0.717, 1.165) is 0 Å². The molecule has 4 heteroatoms. The standard InChI is InChI=1S/C7H14O4/c1-4-7(9)5(2)11-6(3-8)10-4/h4-9H,3H2,1-2H3/t4-,5?,6?,7?/m0/s1. The Kier molecular flexibility index (Phi) is 2.84. The predicted molar refractivity (Wildman–Crippen MR) is 38.0 cm³/mol. The van der Waals surface area contributed by atoms with Crippen LogP contribution in [0.1, 0.15) is 13.8 Å².